The van der Waals surface area contributed by atoms with Crippen molar-refractivity contribution < 1.29 is 4.79 Å². The van der Waals surface area contributed by atoms with Crippen LogP contribution < -0.4 is 0 Å². The second kappa shape index (κ2) is 7.91. The van der Waals surface area contributed by atoms with Gasteiger partial charge in [-0.25, -0.2) is 0 Å². The fraction of sp³-hybridized carbons (Fsp3) is 0.611. The van der Waals surface area contributed by atoms with E-state index in [4.69, 9.17) is 11.6 Å². The van der Waals surface area contributed by atoms with Gasteiger partial charge >= 0.3 is 0 Å². The molecular weight excluding hydrogens is 328 g/mol. The summed E-state index contributed by atoms with van der Waals surface area (Å²) in [6, 6.07) is 8.44. The van der Waals surface area contributed by atoms with Crippen molar-refractivity contribution in [2.24, 2.45) is 0 Å². The predicted octanol–water partition coefficient (Wildman–Crippen LogP) is 4.01. The molecule has 1 amide bonds. The normalized spacial score (nSPS) is 25.7. The van der Waals surface area contributed by atoms with Crippen LogP contribution >= 0.6 is 23.4 Å². The summed E-state index contributed by atoms with van der Waals surface area (Å²) in [5.41, 5.74) is 1.22. The van der Waals surface area contributed by atoms with Crippen LogP contribution in [0.3, 0.4) is 0 Å². The van der Waals surface area contributed by atoms with Crippen molar-refractivity contribution in [1.82, 2.24) is 9.80 Å². The van der Waals surface area contributed by atoms with Crippen molar-refractivity contribution in [2.75, 3.05) is 18.2 Å². The lowest BCUT2D eigenvalue weighted by Gasteiger charge is -2.38. The molecule has 126 valence electrons. The molecule has 0 saturated carbocycles. The number of halogens is 1. The molecule has 2 aliphatic heterocycles. The number of thioether (sulfide) groups is 1. The van der Waals surface area contributed by atoms with Gasteiger partial charge in [-0.2, -0.15) is 0 Å². The SMILES string of the molecule is CCC1CCCCN1C(=O)[C@H]1CSCN1Cc1ccc(Cl)cc1. The first-order chi connectivity index (χ1) is 11.2. The number of benzene rings is 1. The highest BCUT2D eigenvalue weighted by Crippen LogP contribution is 2.28. The van der Waals surface area contributed by atoms with E-state index >= 15 is 0 Å². The van der Waals surface area contributed by atoms with E-state index in [1.165, 1.54) is 18.4 Å². The highest BCUT2D eigenvalue weighted by atomic mass is 35.5. The van der Waals surface area contributed by atoms with Gasteiger partial charge in [-0.15, -0.1) is 11.8 Å². The van der Waals surface area contributed by atoms with Crippen molar-refractivity contribution in [1.29, 1.82) is 0 Å². The van der Waals surface area contributed by atoms with E-state index < -0.39 is 0 Å². The Kier molecular flexibility index (Phi) is 5.89. The van der Waals surface area contributed by atoms with Gasteiger partial charge in [0.1, 0.15) is 0 Å². The molecule has 0 radical (unpaired) electrons. The minimum absolute atomic E-state index is 0.0304. The number of piperidine rings is 1. The first kappa shape index (κ1) is 17.1. The number of likely N-dealkylation sites (tertiary alicyclic amines) is 1. The summed E-state index contributed by atoms with van der Waals surface area (Å²) in [7, 11) is 0. The van der Waals surface area contributed by atoms with E-state index in [9.17, 15) is 4.79 Å². The smallest absolute Gasteiger partial charge is 0.241 e. The number of hydrogen-bond donors (Lipinski definition) is 0. The Bertz CT molecular complexity index is 536. The summed E-state index contributed by atoms with van der Waals surface area (Å²) >= 11 is 7.83. The van der Waals surface area contributed by atoms with Crippen LogP contribution in [-0.4, -0.2) is 46.0 Å². The molecule has 0 N–H and O–H groups in total. The third-order valence-corrected chi connectivity index (χ3v) is 6.26. The van der Waals surface area contributed by atoms with E-state index in [0.29, 0.717) is 11.9 Å². The van der Waals surface area contributed by atoms with Gasteiger partial charge in [0.2, 0.25) is 5.91 Å². The fourth-order valence-corrected chi connectivity index (χ4v) is 4.90. The average molecular weight is 353 g/mol. The Morgan fingerprint density at radius 2 is 2.09 bits per heavy atom. The zero-order valence-corrected chi connectivity index (χ0v) is 15.3. The van der Waals surface area contributed by atoms with Gasteiger partial charge in [-0.05, 0) is 43.4 Å². The van der Waals surface area contributed by atoms with Gasteiger partial charge in [0.05, 0.1) is 6.04 Å². The average Bonchev–Trinajstić information content (AvgIpc) is 3.04. The van der Waals surface area contributed by atoms with E-state index in [2.05, 4.69) is 28.9 Å². The quantitative estimate of drug-likeness (QED) is 0.818. The standard InChI is InChI=1S/C18H25ClN2OS/c1-2-16-5-3-4-10-21(16)18(22)17-12-23-13-20(17)11-14-6-8-15(19)9-7-14/h6-9,16-17H,2-5,10-13H2,1H3/t16?,17-/m1/s1. The molecule has 0 aromatic heterocycles. The molecule has 1 unspecified atom stereocenters. The largest absolute Gasteiger partial charge is 0.338 e. The van der Waals surface area contributed by atoms with Crippen LogP contribution in [0.15, 0.2) is 24.3 Å². The molecule has 2 atom stereocenters. The number of hydrogen-bond acceptors (Lipinski definition) is 3. The van der Waals surface area contributed by atoms with E-state index in [1.807, 2.05) is 23.9 Å². The van der Waals surface area contributed by atoms with E-state index in [0.717, 1.165) is 42.6 Å². The highest BCUT2D eigenvalue weighted by molar-refractivity contribution is 7.99. The first-order valence-corrected chi connectivity index (χ1v) is 10.1. The lowest BCUT2D eigenvalue weighted by molar-refractivity contribution is -0.139. The summed E-state index contributed by atoms with van der Waals surface area (Å²) in [4.78, 5) is 17.6. The second-order valence-electron chi connectivity index (χ2n) is 6.48. The summed E-state index contributed by atoms with van der Waals surface area (Å²) in [5, 5.41) is 0.760. The third-order valence-electron chi connectivity index (χ3n) is 4.94. The Hall–Kier alpha value is -0.710. The molecule has 5 heteroatoms. The van der Waals surface area contributed by atoms with E-state index in [1.54, 1.807) is 0 Å². The maximum atomic E-state index is 13.1. The van der Waals surface area contributed by atoms with Gasteiger partial charge in [0, 0.05) is 35.8 Å². The zero-order valence-electron chi connectivity index (χ0n) is 13.7. The molecule has 2 aliphatic rings. The molecular formula is C18H25ClN2OS. The van der Waals surface area contributed by atoms with Crippen LogP contribution in [0.25, 0.3) is 0 Å². The zero-order chi connectivity index (χ0) is 16.2. The monoisotopic (exact) mass is 352 g/mol. The minimum Gasteiger partial charge on any atom is -0.338 e. The first-order valence-electron chi connectivity index (χ1n) is 8.55. The van der Waals surface area contributed by atoms with Crippen LogP contribution in [-0.2, 0) is 11.3 Å². The van der Waals surface area contributed by atoms with Crippen LogP contribution in [0.5, 0.6) is 0 Å². The van der Waals surface area contributed by atoms with Crippen molar-refractivity contribution in [2.45, 2.75) is 51.2 Å². The van der Waals surface area contributed by atoms with Gasteiger partial charge in [0.25, 0.3) is 0 Å². The molecule has 2 fully saturated rings. The van der Waals surface area contributed by atoms with Crippen LogP contribution in [0.1, 0.15) is 38.2 Å². The third kappa shape index (κ3) is 4.04. The van der Waals surface area contributed by atoms with Crippen LogP contribution in [0.4, 0.5) is 0 Å². The fourth-order valence-electron chi connectivity index (χ4n) is 3.59. The Morgan fingerprint density at radius 3 is 2.83 bits per heavy atom. The molecule has 0 aliphatic carbocycles. The number of nitrogens with zero attached hydrogens (tertiary/aromatic N) is 2. The lowest BCUT2D eigenvalue weighted by Crippen LogP contribution is -2.52. The predicted molar refractivity (Wildman–Crippen MR) is 97.8 cm³/mol. The molecule has 0 spiro atoms. The summed E-state index contributed by atoms with van der Waals surface area (Å²) < 4.78 is 0. The molecule has 23 heavy (non-hydrogen) atoms. The lowest BCUT2D eigenvalue weighted by atomic mass is 9.99. The molecule has 2 saturated heterocycles. The second-order valence-corrected chi connectivity index (χ2v) is 7.91. The number of carbonyl (C=O) groups excluding carboxylic acids is 1. The molecule has 0 bridgehead atoms. The molecule has 1 aromatic rings. The Labute approximate surface area is 148 Å². The number of carbonyl (C=O) groups is 1. The van der Waals surface area contributed by atoms with Crippen molar-refractivity contribution in [3.05, 3.63) is 34.9 Å². The molecule has 3 rings (SSSR count). The maximum Gasteiger partial charge on any atom is 0.241 e. The Morgan fingerprint density at radius 1 is 1.30 bits per heavy atom. The van der Waals surface area contributed by atoms with Gasteiger partial charge in [0.15, 0.2) is 0 Å². The van der Waals surface area contributed by atoms with Gasteiger partial charge in [-0.3, -0.25) is 9.69 Å². The topological polar surface area (TPSA) is 23.6 Å². The summed E-state index contributed by atoms with van der Waals surface area (Å²) in [6.07, 6.45) is 4.65. The van der Waals surface area contributed by atoms with Gasteiger partial charge in [-0.1, -0.05) is 30.7 Å². The maximum absolute atomic E-state index is 13.1. The van der Waals surface area contributed by atoms with Crippen molar-refractivity contribution in [3.8, 4) is 0 Å². The highest BCUT2D eigenvalue weighted by Gasteiger charge is 2.36. The Balaban J connectivity index is 1.67. The minimum atomic E-state index is 0.0304. The summed E-state index contributed by atoms with van der Waals surface area (Å²) in [6.45, 7) is 3.96. The van der Waals surface area contributed by atoms with Crippen LogP contribution in [0.2, 0.25) is 5.02 Å². The van der Waals surface area contributed by atoms with E-state index in [-0.39, 0.29) is 6.04 Å². The molecule has 2 heterocycles. The molecule has 1 aromatic carbocycles. The van der Waals surface area contributed by atoms with Crippen molar-refractivity contribution in [3.63, 3.8) is 0 Å². The summed E-state index contributed by atoms with van der Waals surface area (Å²) in [5.74, 6) is 2.19. The van der Waals surface area contributed by atoms with Crippen molar-refractivity contribution >= 4 is 29.3 Å². The van der Waals surface area contributed by atoms with Gasteiger partial charge < -0.3 is 4.90 Å². The number of amides is 1. The molecule has 3 nitrogen and oxygen atoms in total. The van der Waals surface area contributed by atoms with Crippen LogP contribution in [0, 0.1) is 0 Å². The number of rotatable bonds is 4.